The minimum absolute atomic E-state index is 0.110. The van der Waals surface area contributed by atoms with E-state index in [9.17, 15) is 9.59 Å². The highest BCUT2D eigenvalue weighted by Crippen LogP contribution is 2.31. The molecule has 5 nitrogen and oxygen atoms in total. The molecule has 2 amide bonds. The second-order valence-corrected chi connectivity index (χ2v) is 8.39. The van der Waals surface area contributed by atoms with Gasteiger partial charge in [-0.2, -0.15) is 0 Å². The maximum absolute atomic E-state index is 12.6. The Morgan fingerprint density at radius 3 is 2.59 bits per heavy atom. The number of amides is 2. The Hall–Kier alpha value is -2.18. The number of carbonyl (C=O) groups excluding carboxylic acids is 2. The maximum Gasteiger partial charge on any atom is 0.251 e. The van der Waals surface area contributed by atoms with Gasteiger partial charge in [0.05, 0.1) is 13.2 Å². The number of thiophene rings is 1. The van der Waals surface area contributed by atoms with Gasteiger partial charge in [-0.1, -0.05) is 36.8 Å². The van der Waals surface area contributed by atoms with Crippen LogP contribution in [0.25, 0.3) is 10.4 Å². The molecule has 4 rings (SSSR count). The second-order valence-electron chi connectivity index (χ2n) is 7.45. The monoisotopic (exact) mass is 384 g/mol. The molecule has 142 valence electrons. The fourth-order valence-corrected chi connectivity index (χ4v) is 4.52. The molecule has 1 saturated carbocycles. The van der Waals surface area contributed by atoms with Crippen molar-refractivity contribution in [1.82, 2.24) is 4.90 Å². The third kappa shape index (κ3) is 3.64. The molecular weight excluding hydrogens is 360 g/mol. The number of nitrogens with zero attached hydrogens (tertiary/aromatic N) is 1. The average Bonchev–Trinajstić information content (AvgIpc) is 3.15. The molecule has 1 aromatic heterocycles. The van der Waals surface area contributed by atoms with Gasteiger partial charge >= 0.3 is 0 Å². The molecule has 1 aliphatic carbocycles. The fraction of sp³-hybridized carbons (Fsp3) is 0.429. The molecule has 27 heavy (non-hydrogen) atoms. The van der Waals surface area contributed by atoms with E-state index in [4.69, 9.17) is 10.5 Å². The van der Waals surface area contributed by atoms with Gasteiger partial charge < -0.3 is 15.4 Å². The predicted octanol–water partition coefficient (Wildman–Crippen LogP) is 2.84. The Labute approximate surface area is 163 Å². The molecule has 0 radical (unpaired) electrons. The third-order valence-electron chi connectivity index (χ3n) is 5.65. The molecular formula is C21H24N2O3S. The molecule has 2 fully saturated rings. The van der Waals surface area contributed by atoms with Crippen LogP contribution < -0.4 is 5.73 Å². The lowest BCUT2D eigenvalue weighted by Gasteiger charge is -2.42. The number of carbonyl (C=O) groups is 2. The number of benzene rings is 1. The number of primary amides is 1. The summed E-state index contributed by atoms with van der Waals surface area (Å²) in [4.78, 5) is 27.9. The fourth-order valence-electron chi connectivity index (χ4n) is 3.79. The Bertz CT molecular complexity index is 814. The standard InChI is InChI=1S/C21H24N2O3S/c22-20(25)21(14-23(10-11-26-21)19(24)17-3-1-4-17)13-15-6-8-16(9-7-15)18-5-2-12-27-18/h2,5-9,12,17H,1,3-4,10-11,13-14H2,(H2,22,25). The molecule has 1 aliphatic heterocycles. The van der Waals surface area contributed by atoms with Crippen LogP contribution in [0.5, 0.6) is 0 Å². The molecule has 2 heterocycles. The number of morpholine rings is 1. The van der Waals surface area contributed by atoms with Crippen LogP contribution in [-0.2, 0) is 20.7 Å². The Balaban J connectivity index is 1.51. The summed E-state index contributed by atoms with van der Waals surface area (Å²) in [7, 11) is 0. The summed E-state index contributed by atoms with van der Waals surface area (Å²) in [5, 5.41) is 2.05. The van der Waals surface area contributed by atoms with E-state index in [1.54, 1.807) is 16.2 Å². The summed E-state index contributed by atoms with van der Waals surface area (Å²) in [5.41, 5.74) is 6.72. The minimum atomic E-state index is -1.15. The quantitative estimate of drug-likeness (QED) is 0.862. The summed E-state index contributed by atoms with van der Waals surface area (Å²) in [6, 6.07) is 12.2. The topological polar surface area (TPSA) is 72.6 Å². The van der Waals surface area contributed by atoms with Crippen molar-refractivity contribution in [3.8, 4) is 10.4 Å². The molecule has 1 saturated heterocycles. The van der Waals surface area contributed by atoms with Crippen molar-refractivity contribution in [3.63, 3.8) is 0 Å². The van der Waals surface area contributed by atoms with Crippen molar-refractivity contribution in [3.05, 3.63) is 47.3 Å². The molecule has 1 aromatic carbocycles. The summed E-state index contributed by atoms with van der Waals surface area (Å²) >= 11 is 1.69. The zero-order valence-corrected chi connectivity index (χ0v) is 16.0. The highest BCUT2D eigenvalue weighted by molar-refractivity contribution is 7.13. The molecule has 2 N–H and O–H groups in total. The van der Waals surface area contributed by atoms with E-state index in [-0.39, 0.29) is 18.4 Å². The molecule has 2 aromatic rings. The first-order valence-corrected chi connectivity index (χ1v) is 10.3. The first kappa shape index (κ1) is 18.2. The van der Waals surface area contributed by atoms with Crippen LogP contribution in [0.3, 0.4) is 0 Å². The zero-order valence-electron chi connectivity index (χ0n) is 15.2. The van der Waals surface area contributed by atoms with Crippen LogP contribution in [0.2, 0.25) is 0 Å². The lowest BCUT2D eigenvalue weighted by Crippen LogP contribution is -2.62. The first-order chi connectivity index (χ1) is 13.1. The predicted molar refractivity (Wildman–Crippen MR) is 105 cm³/mol. The molecule has 1 atom stereocenters. The van der Waals surface area contributed by atoms with Gasteiger partial charge in [0, 0.05) is 23.8 Å². The number of hydrogen-bond donors (Lipinski definition) is 1. The van der Waals surface area contributed by atoms with Gasteiger partial charge in [-0.15, -0.1) is 11.3 Å². The number of rotatable bonds is 5. The van der Waals surface area contributed by atoms with Crippen LogP contribution >= 0.6 is 11.3 Å². The number of ether oxygens (including phenoxy) is 1. The van der Waals surface area contributed by atoms with Crippen molar-refractivity contribution >= 4 is 23.2 Å². The Morgan fingerprint density at radius 2 is 2.00 bits per heavy atom. The van der Waals surface area contributed by atoms with Gasteiger partial charge in [0.25, 0.3) is 5.91 Å². The summed E-state index contributed by atoms with van der Waals surface area (Å²) in [6.45, 7) is 1.11. The third-order valence-corrected chi connectivity index (χ3v) is 6.57. The number of hydrogen-bond acceptors (Lipinski definition) is 4. The normalized spacial score (nSPS) is 23.0. The molecule has 0 spiro atoms. The molecule has 0 bridgehead atoms. The SMILES string of the molecule is NC(=O)C1(Cc2ccc(-c3cccs3)cc2)CN(C(=O)C2CCC2)CCO1. The first-order valence-electron chi connectivity index (χ1n) is 9.43. The second kappa shape index (κ2) is 7.44. The van der Waals surface area contributed by atoms with Crippen LogP contribution in [0, 0.1) is 5.92 Å². The van der Waals surface area contributed by atoms with Crippen molar-refractivity contribution in [2.75, 3.05) is 19.7 Å². The van der Waals surface area contributed by atoms with Gasteiger partial charge in [0.15, 0.2) is 5.60 Å². The van der Waals surface area contributed by atoms with Crippen molar-refractivity contribution in [2.24, 2.45) is 11.7 Å². The van der Waals surface area contributed by atoms with Crippen molar-refractivity contribution < 1.29 is 14.3 Å². The van der Waals surface area contributed by atoms with Crippen molar-refractivity contribution in [1.29, 1.82) is 0 Å². The van der Waals surface area contributed by atoms with Gasteiger partial charge in [-0.25, -0.2) is 0 Å². The van der Waals surface area contributed by atoms with Crippen LogP contribution in [0.15, 0.2) is 41.8 Å². The highest BCUT2D eigenvalue weighted by Gasteiger charge is 2.45. The molecule has 2 aliphatic rings. The number of nitrogens with two attached hydrogens (primary N) is 1. The lowest BCUT2D eigenvalue weighted by atomic mass is 9.83. The molecule has 1 unspecified atom stereocenters. The average molecular weight is 385 g/mol. The summed E-state index contributed by atoms with van der Waals surface area (Å²) in [6.07, 6.45) is 3.38. The van der Waals surface area contributed by atoms with Crippen molar-refractivity contribution in [2.45, 2.75) is 31.3 Å². The van der Waals surface area contributed by atoms with Crippen LogP contribution in [-0.4, -0.2) is 42.0 Å². The van der Waals surface area contributed by atoms with Gasteiger partial charge in [-0.05, 0) is 35.4 Å². The van der Waals surface area contributed by atoms with Crippen LogP contribution in [0.4, 0.5) is 0 Å². The maximum atomic E-state index is 12.6. The van der Waals surface area contributed by atoms with Gasteiger partial charge in [0.1, 0.15) is 0 Å². The van der Waals surface area contributed by atoms with Gasteiger partial charge in [0.2, 0.25) is 5.91 Å². The van der Waals surface area contributed by atoms with E-state index in [2.05, 4.69) is 23.6 Å². The van der Waals surface area contributed by atoms with E-state index < -0.39 is 11.5 Å². The van der Waals surface area contributed by atoms with E-state index in [1.165, 1.54) is 4.88 Å². The Morgan fingerprint density at radius 1 is 1.22 bits per heavy atom. The summed E-state index contributed by atoms with van der Waals surface area (Å²) < 4.78 is 5.88. The largest absolute Gasteiger partial charge is 0.367 e. The van der Waals surface area contributed by atoms with E-state index in [0.717, 1.165) is 30.4 Å². The van der Waals surface area contributed by atoms with E-state index in [0.29, 0.717) is 19.6 Å². The highest BCUT2D eigenvalue weighted by atomic mass is 32.1. The smallest absolute Gasteiger partial charge is 0.251 e. The van der Waals surface area contributed by atoms with Crippen LogP contribution in [0.1, 0.15) is 24.8 Å². The minimum Gasteiger partial charge on any atom is -0.367 e. The van der Waals surface area contributed by atoms with Gasteiger partial charge in [-0.3, -0.25) is 9.59 Å². The molecule has 6 heteroatoms. The summed E-state index contributed by atoms with van der Waals surface area (Å²) in [5.74, 6) is -0.252. The zero-order chi connectivity index (χ0) is 18.9. The Kier molecular flexibility index (Phi) is 5.02. The lowest BCUT2D eigenvalue weighted by molar-refractivity contribution is -0.166. The van der Waals surface area contributed by atoms with E-state index >= 15 is 0 Å². The van der Waals surface area contributed by atoms with E-state index in [1.807, 2.05) is 18.2 Å².